The Kier molecular flexibility index (Phi) is 8.15. The van der Waals surface area contributed by atoms with E-state index in [-0.39, 0.29) is 22.2 Å². The van der Waals surface area contributed by atoms with Crippen LogP contribution in [0.15, 0.2) is 101 Å². The smallest absolute Gasteiger partial charge is 0.398 e. The quantitative estimate of drug-likeness (QED) is 0.278. The number of amides is 1. The molecule has 4 N–H and O–H groups in total. The predicted molar refractivity (Wildman–Crippen MR) is 132 cm³/mol. The highest BCUT2D eigenvalue weighted by Crippen LogP contribution is 2.32. The Labute approximate surface area is 204 Å². The highest BCUT2D eigenvalue weighted by Gasteiger charge is 2.32. The molecule has 0 spiro atoms. The molecule has 0 aliphatic rings. The van der Waals surface area contributed by atoms with Crippen molar-refractivity contribution >= 4 is 44.3 Å². The van der Waals surface area contributed by atoms with Crippen molar-refractivity contribution < 1.29 is 26.4 Å². The van der Waals surface area contributed by atoms with Crippen LogP contribution in [0.1, 0.15) is 15.2 Å². The molecule has 4 aromatic rings. The molecule has 3 aromatic carbocycles. The third kappa shape index (κ3) is 7.08. The lowest BCUT2D eigenvalue weighted by Gasteiger charge is -2.09. The molecular weight excluding hydrogens is 499 g/mol. The van der Waals surface area contributed by atoms with Gasteiger partial charge in [0.05, 0.1) is 16.1 Å². The van der Waals surface area contributed by atoms with Gasteiger partial charge >= 0.3 is 6.18 Å². The second-order valence-electron chi connectivity index (χ2n) is 6.99. The molecule has 0 atom stereocenters. The average molecular weight is 520 g/mol. The molecule has 0 aliphatic heterocycles. The van der Waals surface area contributed by atoms with E-state index in [4.69, 9.17) is 5.73 Å². The van der Waals surface area contributed by atoms with Gasteiger partial charge in [-0.25, -0.2) is 8.42 Å². The molecule has 0 radical (unpaired) electrons. The molecule has 4 rings (SSSR count). The van der Waals surface area contributed by atoms with Crippen LogP contribution in [-0.2, 0) is 16.2 Å². The van der Waals surface area contributed by atoms with Gasteiger partial charge in [-0.2, -0.15) is 13.2 Å². The molecule has 1 aromatic heterocycles. The molecule has 11 heteroatoms. The third-order valence-corrected chi connectivity index (χ3v) is 6.76. The van der Waals surface area contributed by atoms with Gasteiger partial charge in [0.15, 0.2) is 0 Å². The van der Waals surface area contributed by atoms with Crippen molar-refractivity contribution in [1.82, 2.24) is 0 Å². The number of carbonyl (C=O) groups is 1. The molecule has 0 unspecified atom stereocenters. The Balaban J connectivity index is 0.000000261. The number of hydrogen-bond acceptors (Lipinski definition) is 5. The molecule has 1 heterocycles. The largest absolute Gasteiger partial charge is 0.418 e. The van der Waals surface area contributed by atoms with Gasteiger partial charge in [-0.3, -0.25) is 9.52 Å². The van der Waals surface area contributed by atoms with Crippen LogP contribution in [0.5, 0.6) is 0 Å². The molecule has 35 heavy (non-hydrogen) atoms. The van der Waals surface area contributed by atoms with Crippen LogP contribution < -0.4 is 15.8 Å². The molecule has 0 saturated carbocycles. The van der Waals surface area contributed by atoms with Crippen LogP contribution in [0.25, 0.3) is 0 Å². The summed E-state index contributed by atoms with van der Waals surface area (Å²) in [6.45, 7) is 0. The summed E-state index contributed by atoms with van der Waals surface area (Å²) in [5.74, 6) is -0.359. The van der Waals surface area contributed by atoms with E-state index < -0.39 is 21.8 Å². The van der Waals surface area contributed by atoms with Gasteiger partial charge in [-0.05, 0) is 47.8 Å². The van der Waals surface area contributed by atoms with Crippen LogP contribution in [0.2, 0.25) is 0 Å². The first-order valence-corrected chi connectivity index (χ1v) is 12.4. The fraction of sp³-hybridized carbons (Fsp3) is 0.0417. The highest BCUT2D eigenvalue weighted by molar-refractivity contribution is 7.92. The molecule has 0 aliphatic carbocycles. The number of nitrogens with two attached hydrogens (primary N) is 1. The third-order valence-electron chi connectivity index (χ3n) is 4.47. The van der Waals surface area contributed by atoms with Gasteiger partial charge in [-0.1, -0.05) is 48.5 Å². The molecule has 1 amide bonds. The zero-order valence-corrected chi connectivity index (χ0v) is 19.6. The summed E-state index contributed by atoms with van der Waals surface area (Å²) in [7, 11) is -3.74. The zero-order valence-electron chi connectivity index (χ0n) is 18.0. The summed E-state index contributed by atoms with van der Waals surface area (Å²) in [4.78, 5) is 12.8. The minimum Gasteiger partial charge on any atom is -0.398 e. The minimum atomic E-state index is -4.34. The summed E-state index contributed by atoms with van der Waals surface area (Å²) in [6, 6.07) is 23.5. The highest BCUT2D eigenvalue weighted by atomic mass is 32.2. The number of hydrogen-bond donors (Lipinski definition) is 3. The number of halogens is 3. The monoisotopic (exact) mass is 519 g/mol. The molecule has 0 bridgehead atoms. The average Bonchev–Trinajstić information content (AvgIpc) is 3.28. The lowest BCUT2D eigenvalue weighted by molar-refractivity contribution is -0.136. The number of sulfonamides is 1. The Morgan fingerprint density at radius 2 is 1.40 bits per heavy atom. The second kappa shape index (κ2) is 11.1. The number of nitrogens with one attached hydrogen (secondary N) is 2. The van der Waals surface area contributed by atoms with Crippen LogP contribution in [0.3, 0.4) is 0 Å². The van der Waals surface area contributed by atoms with Crippen molar-refractivity contribution in [3.8, 4) is 0 Å². The lowest BCUT2D eigenvalue weighted by Crippen LogP contribution is -2.17. The van der Waals surface area contributed by atoms with Crippen molar-refractivity contribution in [3.63, 3.8) is 0 Å². The van der Waals surface area contributed by atoms with Crippen molar-refractivity contribution in [2.45, 2.75) is 11.1 Å². The standard InChI is InChI=1S/C17H14N2O3S2.C7H6F3N/c20-17(18-13-7-3-1-4-8-13)16-15(11-12-23-16)19-24(21,22)14-9-5-2-6-10-14;8-7(9,10)5-3-1-2-4-6(5)11/h1-12,19H,(H,18,20);1-4H,11H2. The summed E-state index contributed by atoms with van der Waals surface area (Å²) in [5.41, 5.74) is 4.98. The van der Waals surface area contributed by atoms with Crippen molar-refractivity contribution in [3.05, 3.63) is 107 Å². The first-order chi connectivity index (χ1) is 16.6. The fourth-order valence-corrected chi connectivity index (χ4v) is 4.74. The van der Waals surface area contributed by atoms with Crippen LogP contribution >= 0.6 is 11.3 Å². The first kappa shape index (κ1) is 25.8. The number of benzene rings is 3. The van der Waals surface area contributed by atoms with Gasteiger partial charge in [-0.15, -0.1) is 11.3 Å². The van der Waals surface area contributed by atoms with E-state index in [9.17, 15) is 26.4 Å². The van der Waals surface area contributed by atoms with Crippen LogP contribution in [0.4, 0.5) is 30.2 Å². The summed E-state index contributed by atoms with van der Waals surface area (Å²) < 4.78 is 63.2. The van der Waals surface area contributed by atoms with E-state index in [0.717, 1.165) is 6.07 Å². The van der Waals surface area contributed by atoms with Crippen molar-refractivity contribution in [2.75, 3.05) is 15.8 Å². The predicted octanol–water partition coefficient (Wildman–Crippen LogP) is 6.09. The van der Waals surface area contributed by atoms with E-state index in [0.29, 0.717) is 10.6 Å². The Bertz CT molecular complexity index is 1380. The van der Waals surface area contributed by atoms with Crippen molar-refractivity contribution in [2.24, 2.45) is 0 Å². The van der Waals surface area contributed by atoms with Crippen LogP contribution in [0, 0.1) is 0 Å². The Morgan fingerprint density at radius 1 is 0.829 bits per heavy atom. The van der Waals surface area contributed by atoms with Gasteiger partial charge in [0.25, 0.3) is 15.9 Å². The van der Waals surface area contributed by atoms with E-state index in [2.05, 4.69) is 10.0 Å². The number of alkyl halides is 3. The summed E-state index contributed by atoms with van der Waals surface area (Å²) in [5, 5.41) is 4.42. The summed E-state index contributed by atoms with van der Waals surface area (Å²) in [6.07, 6.45) is -4.34. The van der Waals surface area contributed by atoms with Gasteiger partial charge in [0.1, 0.15) is 4.88 Å². The van der Waals surface area contributed by atoms with E-state index in [1.165, 1.54) is 41.7 Å². The zero-order chi connectivity index (χ0) is 25.5. The lowest BCUT2D eigenvalue weighted by atomic mass is 10.2. The molecule has 182 valence electrons. The van der Waals surface area contributed by atoms with Crippen LogP contribution in [-0.4, -0.2) is 14.3 Å². The molecular formula is C24H20F3N3O3S2. The van der Waals surface area contributed by atoms with E-state index >= 15 is 0 Å². The van der Waals surface area contributed by atoms with Gasteiger partial charge in [0, 0.05) is 11.4 Å². The van der Waals surface area contributed by atoms with E-state index in [1.54, 1.807) is 41.8 Å². The number of nitrogen functional groups attached to an aromatic ring is 1. The number of thiophene rings is 1. The molecule has 0 saturated heterocycles. The first-order valence-electron chi connectivity index (χ1n) is 10.0. The number of rotatable bonds is 5. The topological polar surface area (TPSA) is 101 Å². The molecule has 0 fully saturated rings. The number of para-hydroxylation sites is 2. The fourth-order valence-electron chi connectivity index (χ4n) is 2.83. The summed E-state index contributed by atoms with van der Waals surface area (Å²) >= 11 is 1.17. The normalized spacial score (nSPS) is 11.2. The van der Waals surface area contributed by atoms with E-state index in [1.807, 2.05) is 18.2 Å². The maximum atomic E-state index is 12.4. The maximum absolute atomic E-state index is 12.4. The Hall–Kier alpha value is -3.83. The maximum Gasteiger partial charge on any atom is 0.418 e. The second-order valence-corrected chi connectivity index (χ2v) is 9.59. The number of anilines is 3. The molecule has 6 nitrogen and oxygen atoms in total. The van der Waals surface area contributed by atoms with Crippen molar-refractivity contribution in [1.29, 1.82) is 0 Å². The Morgan fingerprint density at radius 3 is 1.97 bits per heavy atom. The van der Waals surface area contributed by atoms with Gasteiger partial charge in [0.2, 0.25) is 0 Å². The SMILES string of the molecule is Nc1ccccc1C(F)(F)F.O=C(Nc1ccccc1)c1sccc1NS(=O)(=O)c1ccccc1. The minimum absolute atomic E-state index is 0.144. The van der Waals surface area contributed by atoms with Gasteiger partial charge < -0.3 is 11.1 Å². The number of carbonyl (C=O) groups excluding carboxylic acids is 1.